The number of carbonyl (C=O) groups is 1. The number of ether oxygens (including phenoxy) is 1. The maximum atomic E-state index is 11.2. The summed E-state index contributed by atoms with van der Waals surface area (Å²) in [5.74, 6) is 0.116. The van der Waals surface area contributed by atoms with Gasteiger partial charge in [-0.15, -0.1) is 0 Å². The van der Waals surface area contributed by atoms with Crippen LogP contribution in [0.1, 0.15) is 24.0 Å². The van der Waals surface area contributed by atoms with E-state index in [1.807, 2.05) is 25.1 Å². The smallest absolute Gasteiger partial charge is 0.309 e. The number of rotatable bonds is 4. The first-order valence-electron chi connectivity index (χ1n) is 5.45. The van der Waals surface area contributed by atoms with E-state index in [4.69, 9.17) is 4.74 Å². The second-order valence-corrected chi connectivity index (χ2v) is 4.52. The fraction of sp³-hybridized carbons (Fsp3) is 0.462. The number of aliphatic carboxylic acids is 1. The quantitative estimate of drug-likeness (QED) is 0.847. The van der Waals surface area contributed by atoms with Gasteiger partial charge in [0.1, 0.15) is 5.75 Å². The molecule has 0 aliphatic heterocycles. The zero-order chi connectivity index (χ0) is 11.8. The van der Waals surface area contributed by atoms with Gasteiger partial charge >= 0.3 is 5.97 Å². The summed E-state index contributed by atoms with van der Waals surface area (Å²) in [6.07, 6.45) is 2.14. The van der Waals surface area contributed by atoms with Crippen LogP contribution in [0.25, 0.3) is 0 Å². The predicted octanol–water partition coefficient (Wildman–Crippen LogP) is 2.41. The standard InChI is InChI=1S/C13H16O3/c1-9-4-3-5-11(16-2)10(9)8-13(6-7-13)12(14)15/h3-5H,6-8H2,1-2H3,(H,14,15). The van der Waals surface area contributed by atoms with Crippen molar-refractivity contribution in [2.24, 2.45) is 5.41 Å². The first-order chi connectivity index (χ1) is 7.59. The molecule has 16 heavy (non-hydrogen) atoms. The van der Waals surface area contributed by atoms with E-state index in [1.165, 1.54) is 0 Å². The summed E-state index contributed by atoms with van der Waals surface area (Å²) < 4.78 is 5.29. The highest BCUT2D eigenvalue weighted by atomic mass is 16.5. The number of carboxylic acid groups (broad SMARTS) is 1. The molecule has 0 radical (unpaired) electrons. The van der Waals surface area contributed by atoms with Crippen molar-refractivity contribution in [3.05, 3.63) is 29.3 Å². The Kier molecular flexibility index (Phi) is 2.62. The van der Waals surface area contributed by atoms with Crippen molar-refractivity contribution >= 4 is 5.97 Å². The lowest BCUT2D eigenvalue weighted by Gasteiger charge is -2.15. The Balaban J connectivity index is 2.31. The van der Waals surface area contributed by atoms with Gasteiger partial charge in [0.2, 0.25) is 0 Å². The second-order valence-electron chi connectivity index (χ2n) is 4.52. The molecule has 1 saturated carbocycles. The maximum Gasteiger partial charge on any atom is 0.309 e. The van der Waals surface area contributed by atoms with E-state index in [9.17, 15) is 9.90 Å². The van der Waals surface area contributed by atoms with Crippen LogP contribution in [0.15, 0.2) is 18.2 Å². The molecule has 1 aromatic rings. The third-order valence-corrected chi connectivity index (χ3v) is 3.41. The third-order valence-electron chi connectivity index (χ3n) is 3.41. The molecule has 1 aromatic carbocycles. The number of benzene rings is 1. The largest absolute Gasteiger partial charge is 0.496 e. The number of aryl methyl sites for hydroxylation is 1. The van der Waals surface area contributed by atoms with Crippen LogP contribution in [0.2, 0.25) is 0 Å². The number of carboxylic acids is 1. The van der Waals surface area contributed by atoms with Crippen LogP contribution in [0.4, 0.5) is 0 Å². The minimum absolute atomic E-state index is 0.528. The van der Waals surface area contributed by atoms with Crippen molar-refractivity contribution in [1.82, 2.24) is 0 Å². The lowest BCUT2D eigenvalue weighted by Crippen LogP contribution is -2.18. The molecule has 3 nitrogen and oxygen atoms in total. The fourth-order valence-electron chi connectivity index (χ4n) is 2.05. The van der Waals surface area contributed by atoms with E-state index in [0.717, 1.165) is 29.7 Å². The number of methoxy groups -OCH3 is 1. The molecule has 1 aliphatic carbocycles. The summed E-state index contributed by atoms with van der Waals surface area (Å²) in [5.41, 5.74) is 1.61. The Hall–Kier alpha value is -1.51. The van der Waals surface area contributed by atoms with Crippen molar-refractivity contribution in [1.29, 1.82) is 0 Å². The monoisotopic (exact) mass is 220 g/mol. The highest BCUT2D eigenvalue weighted by Crippen LogP contribution is 2.50. The lowest BCUT2D eigenvalue weighted by atomic mass is 9.93. The van der Waals surface area contributed by atoms with Gasteiger partial charge in [0.15, 0.2) is 0 Å². The SMILES string of the molecule is COc1cccc(C)c1CC1(C(=O)O)CC1. The van der Waals surface area contributed by atoms with Crippen LogP contribution in [0.3, 0.4) is 0 Å². The highest BCUT2D eigenvalue weighted by molar-refractivity contribution is 5.78. The molecule has 0 unspecified atom stereocenters. The van der Waals surface area contributed by atoms with Crippen LogP contribution in [0.5, 0.6) is 5.75 Å². The third kappa shape index (κ3) is 1.77. The first kappa shape index (κ1) is 11.0. The molecule has 2 rings (SSSR count). The Morgan fingerprint density at radius 1 is 1.50 bits per heavy atom. The molecule has 3 heteroatoms. The van der Waals surface area contributed by atoms with Crippen molar-refractivity contribution in [2.45, 2.75) is 26.2 Å². The molecule has 0 heterocycles. The summed E-state index contributed by atoms with van der Waals surface area (Å²) in [5, 5.41) is 9.18. The molecular weight excluding hydrogens is 204 g/mol. The van der Waals surface area contributed by atoms with Crippen LogP contribution < -0.4 is 4.74 Å². The molecule has 1 N–H and O–H groups in total. The summed E-state index contributed by atoms with van der Waals surface area (Å²) >= 11 is 0. The number of hydrogen-bond acceptors (Lipinski definition) is 2. The first-order valence-corrected chi connectivity index (χ1v) is 5.45. The van der Waals surface area contributed by atoms with E-state index in [2.05, 4.69) is 0 Å². The summed E-state index contributed by atoms with van der Waals surface area (Å²) in [6, 6.07) is 5.81. The zero-order valence-corrected chi connectivity index (χ0v) is 9.62. The summed E-state index contributed by atoms with van der Waals surface area (Å²) in [6.45, 7) is 2.00. The van der Waals surface area contributed by atoms with Gasteiger partial charge in [-0.3, -0.25) is 4.79 Å². The number of hydrogen-bond donors (Lipinski definition) is 1. The van der Waals surface area contributed by atoms with Gasteiger partial charge in [0, 0.05) is 0 Å². The molecule has 0 atom stereocenters. The minimum atomic E-state index is -0.683. The van der Waals surface area contributed by atoms with Gasteiger partial charge in [-0.05, 0) is 43.4 Å². The molecule has 1 fully saturated rings. The fourth-order valence-corrected chi connectivity index (χ4v) is 2.05. The molecule has 0 spiro atoms. The van der Waals surface area contributed by atoms with Gasteiger partial charge in [-0.25, -0.2) is 0 Å². The summed E-state index contributed by atoms with van der Waals surface area (Å²) in [7, 11) is 1.62. The van der Waals surface area contributed by atoms with Crippen molar-refractivity contribution in [3.8, 4) is 5.75 Å². The lowest BCUT2D eigenvalue weighted by molar-refractivity contribution is -0.143. The Labute approximate surface area is 95.0 Å². The topological polar surface area (TPSA) is 46.5 Å². The maximum absolute atomic E-state index is 11.2. The van der Waals surface area contributed by atoms with Crippen molar-refractivity contribution in [3.63, 3.8) is 0 Å². The average Bonchev–Trinajstić information content (AvgIpc) is 3.02. The van der Waals surface area contributed by atoms with Gasteiger partial charge in [-0.2, -0.15) is 0 Å². The Morgan fingerprint density at radius 2 is 2.19 bits per heavy atom. The van der Waals surface area contributed by atoms with Gasteiger partial charge in [0.05, 0.1) is 12.5 Å². The Bertz CT molecular complexity index is 419. The predicted molar refractivity (Wildman–Crippen MR) is 60.7 cm³/mol. The van der Waals surface area contributed by atoms with Crippen LogP contribution >= 0.6 is 0 Å². The van der Waals surface area contributed by atoms with Crippen LogP contribution in [-0.4, -0.2) is 18.2 Å². The molecule has 0 saturated heterocycles. The van der Waals surface area contributed by atoms with Gasteiger partial charge in [0.25, 0.3) is 0 Å². The zero-order valence-electron chi connectivity index (χ0n) is 9.62. The van der Waals surface area contributed by atoms with E-state index in [-0.39, 0.29) is 0 Å². The Morgan fingerprint density at radius 3 is 2.69 bits per heavy atom. The second kappa shape index (κ2) is 3.81. The van der Waals surface area contributed by atoms with Gasteiger partial charge in [-0.1, -0.05) is 12.1 Å². The van der Waals surface area contributed by atoms with E-state index < -0.39 is 11.4 Å². The molecule has 0 bridgehead atoms. The van der Waals surface area contributed by atoms with E-state index >= 15 is 0 Å². The normalized spacial score (nSPS) is 16.9. The molecule has 86 valence electrons. The van der Waals surface area contributed by atoms with E-state index in [0.29, 0.717) is 6.42 Å². The van der Waals surface area contributed by atoms with Crippen molar-refractivity contribution in [2.75, 3.05) is 7.11 Å². The molecule has 0 aromatic heterocycles. The summed E-state index contributed by atoms with van der Waals surface area (Å²) in [4.78, 5) is 11.2. The van der Waals surface area contributed by atoms with Crippen LogP contribution in [0, 0.1) is 12.3 Å². The molecular formula is C13H16O3. The van der Waals surface area contributed by atoms with Crippen LogP contribution in [-0.2, 0) is 11.2 Å². The highest BCUT2D eigenvalue weighted by Gasteiger charge is 2.50. The van der Waals surface area contributed by atoms with Crippen molar-refractivity contribution < 1.29 is 14.6 Å². The minimum Gasteiger partial charge on any atom is -0.496 e. The average molecular weight is 220 g/mol. The molecule has 1 aliphatic rings. The molecule has 0 amide bonds. The van der Waals surface area contributed by atoms with Gasteiger partial charge < -0.3 is 9.84 Å². The van der Waals surface area contributed by atoms with E-state index in [1.54, 1.807) is 7.11 Å².